The van der Waals surface area contributed by atoms with Gasteiger partial charge >= 0.3 is 0 Å². The molecular weight excluding hydrogens is 352 g/mol. The van der Waals surface area contributed by atoms with Gasteiger partial charge in [0.1, 0.15) is 6.29 Å². The van der Waals surface area contributed by atoms with Crippen LogP contribution in [0.3, 0.4) is 0 Å². The largest absolute Gasteiger partial charge is 0.348 e. The normalized spacial score (nSPS) is 24.6. The second-order valence-electron chi connectivity index (χ2n) is 8.18. The molecule has 0 unspecified atom stereocenters. The van der Waals surface area contributed by atoms with Crippen LogP contribution in [0.2, 0.25) is 19.6 Å². The minimum absolute atomic E-state index is 0.0618. The van der Waals surface area contributed by atoms with Gasteiger partial charge in [0.25, 0.3) is 0 Å². The van der Waals surface area contributed by atoms with Crippen molar-refractivity contribution in [3.05, 3.63) is 71.5 Å². The van der Waals surface area contributed by atoms with Gasteiger partial charge in [0.05, 0.1) is 20.8 Å². The van der Waals surface area contributed by atoms with Crippen LogP contribution in [0.15, 0.2) is 65.9 Å². The first-order chi connectivity index (χ1) is 12.9. The molecule has 146 valence electrons. The molecule has 1 aromatic carbocycles. The van der Waals surface area contributed by atoms with E-state index in [-0.39, 0.29) is 18.3 Å². The standard InChI is InChI=1S/C23H32O3Si/c1-19(10-9-17-27(2,3)4)14-15-22-21(13-8-16-24)18-25-23(26-22)20-11-6-5-7-12-20/h5-7,9-12,14-17,21-23H,8,13,18H2,1-4H3/b15-14+,17-9+,19-10+/t21-,22+,23-/m1/s1. The van der Waals surface area contributed by atoms with E-state index in [1.165, 1.54) is 5.57 Å². The van der Waals surface area contributed by atoms with Crippen LogP contribution in [-0.4, -0.2) is 27.1 Å². The fourth-order valence-electron chi connectivity index (χ4n) is 2.91. The molecule has 1 heterocycles. The number of ether oxygens (including phenoxy) is 2. The molecule has 0 N–H and O–H groups in total. The van der Waals surface area contributed by atoms with Crippen LogP contribution in [0.1, 0.15) is 31.6 Å². The molecule has 3 atom stereocenters. The van der Waals surface area contributed by atoms with Crippen LogP contribution in [0.5, 0.6) is 0 Å². The van der Waals surface area contributed by atoms with Crippen LogP contribution >= 0.6 is 0 Å². The average molecular weight is 385 g/mol. The van der Waals surface area contributed by atoms with Crippen LogP contribution in [0, 0.1) is 5.92 Å². The molecule has 1 aliphatic heterocycles. The Hall–Kier alpha value is -1.75. The number of benzene rings is 1. The summed E-state index contributed by atoms with van der Waals surface area (Å²) in [6.07, 6.45) is 10.4. The highest BCUT2D eigenvalue weighted by Crippen LogP contribution is 2.32. The minimum Gasteiger partial charge on any atom is -0.348 e. The van der Waals surface area contributed by atoms with Crippen LogP contribution in [0.4, 0.5) is 0 Å². The lowest BCUT2D eigenvalue weighted by Gasteiger charge is -2.35. The second kappa shape index (κ2) is 10.5. The van der Waals surface area contributed by atoms with E-state index < -0.39 is 8.07 Å². The van der Waals surface area contributed by atoms with Crippen molar-refractivity contribution in [2.24, 2.45) is 5.92 Å². The Labute approximate surface area is 164 Å². The van der Waals surface area contributed by atoms with Crippen molar-refractivity contribution in [1.29, 1.82) is 0 Å². The fraction of sp³-hybridized carbons (Fsp3) is 0.435. The van der Waals surface area contributed by atoms with Crippen molar-refractivity contribution < 1.29 is 14.3 Å². The molecule has 4 heteroatoms. The molecule has 2 rings (SSSR count). The third-order valence-corrected chi connectivity index (χ3v) is 5.63. The zero-order valence-electron chi connectivity index (χ0n) is 16.9. The Kier molecular flexibility index (Phi) is 8.42. The highest BCUT2D eigenvalue weighted by atomic mass is 28.3. The molecule has 0 radical (unpaired) electrons. The number of hydrogen-bond acceptors (Lipinski definition) is 3. The van der Waals surface area contributed by atoms with Gasteiger partial charge in [-0.25, -0.2) is 0 Å². The lowest BCUT2D eigenvalue weighted by molar-refractivity contribution is -0.229. The smallest absolute Gasteiger partial charge is 0.184 e. The number of carbonyl (C=O) groups excluding carboxylic acids is 1. The van der Waals surface area contributed by atoms with E-state index in [9.17, 15) is 4.79 Å². The molecule has 0 bridgehead atoms. The van der Waals surface area contributed by atoms with Crippen molar-refractivity contribution in [2.75, 3.05) is 6.61 Å². The monoisotopic (exact) mass is 384 g/mol. The van der Waals surface area contributed by atoms with E-state index in [2.05, 4.69) is 56.6 Å². The summed E-state index contributed by atoms with van der Waals surface area (Å²) in [4.78, 5) is 10.8. The van der Waals surface area contributed by atoms with Crippen molar-refractivity contribution in [1.82, 2.24) is 0 Å². The third kappa shape index (κ3) is 7.79. The molecule has 1 aliphatic rings. The predicted octanol–water partition coefficient (Wildman–Crippen LogP) is 5.63. The fourth-order valence-corrected chi connectivity index (χ4v) is 3.58. The highest BCUT2D eigenvalue weighted by molar-refractivity contribution is 6.80. The summed E-state index contributed by atoms with van der Waals surface area (Å²) in [5.74, 6) is 0.191. The average Bonchev–Trinajstić information content (AvgIpc) is 2.64. The lowest BCUT2D eigenvalue weighted by Crippen LogP contribution is -2.35. The van der Waals surface area contributed by atoms with Gasteiger partial charge in [-0.1, -0.05) is 85.5 Å². The summed E-state index contributed by atoms with van der Waals surface area (Å²) in [5, 5.41) is 0. The highest BCUT2D eigenvalue weighted by Gasteiger charge is 2.30. The Morgan fingerprint density at radius 1 is 1.22 bits per heavy atom. The van der Waals surface area contributed by atoms with Crippen LogP contribution < -0.4 is 0 Å². The molecule has 1 saturated heterocycles. The van der Waals surface area contributed by atoms with Gasteiger partial charge in [0, 0.05) is 17.9 Å². The maximum atomic E-state index is 10.8. The van der Waals surface area contributed by atoms with Crippen molar-refractivity contribution in [3.8, 4) is 0 Å². The molecule has 0 spiro atoms. The molecule has 27 heavy (non-hydrogen) atoms. The van der Waals surface area contributed by atoms with Gasteiger partial charge in [-0.15, -0.1) is 0 Å². The van der Waals surface area contributed by atoms with Crippen molar-refractivity contribution in [3.63, 3.8) is 0 Å². The molecule has 0 amide bonds. The van der Waals surface area contributed by atoms with Crippen LogP contribution in [0.25, 0.3) is 0 Å². The van der Waals surface area contributed by atoms with Gasteiger partial charge in [0.2, 0.25) is 0 Å². The number of rotatable bonds is 8. The van der Waals surface area contributed by atoms with Crippen molar-refractivity contribution >= 4 is 14.4 Å². The van der Waals surface area contributed by atoms with Gasteiger partial charge in [0.15, 0.2) is 6.29 Å². The molecular formula is C23H32O3Si. The molecule has 0 aromatic heterocycles. The lowest BCUT2D eigenvalue weighted by atomic mass is 9.95. The minimum atomic E-state index is -1.18. The summed E-state index contributed by atoms with van der Waals surface area (Å²) >= 11 is 0. The SMILES string of the molecule is CC(/C=C/[C@@H]1O[C@H](c2ccccc2)OC[C@H]1CCC=O)=C\C=C\[Si](C)(C)C. The molecule has 1 fully saturated rings. The van der Waals surface area contributed by atoms with Crippen molar-refractivity contribution in [2.45, 2.75) is 51.8 Å². The number of allylic oxidation sites excluding steroid dienone is 4. The summed E-state index contributed by atoms with van der Waals surface area (Å²) in [5.41, 5.74) is 4.54. The van der Waals surface area contributed by atoms with E-state index in [0.29, 0.717) is 13.0 Å². The van der Waals surface area contributed by atoms with E-state index in [0.717, 1.165) is 18.3 Å². The molecule has 1 aromatic rings. The third-order valence-electron chi connectivity index (χ3n) is 4.44. The summed E-state index contributed by atoms with van der Waals surface area (Å²) < 4.78 is 12.1. The zero-order chi connectivity index (χ0) is 19.7. The van der Waals surface area contributed by atoms with Gasteiger partial charge < -0.3 is 14.3 Å². The molecule has 0 aliphatic carbocycles. The Balaban J connectivity index is 2.08. The number of aldehydes is 1. The van der Waals surface area contributed by atoms with Gasteiger partial charge in [-0.2, -0.15) is 0 Å². The first-order valence-corrected chi connectivity index (χ1v) is 13.3. The molecule has 3 nitrogen and oxygen atoms in total. The number of hydrogen-bond donors (Lipinski definition) is 0. The molecule has 0 saturated carbocycles. The van der Waals surface area contributed by atoms with E-state index in [1.807, 2.05) is 30.3 Å². The first kappa shape index (κ1) is 21.5. The van der Waals surface area contributed by atoms with E-state index >= 15 is 0 Å². The maximum Gasteiger partial charge on any atom is 0.184 e. The van der Waals surface area contributed by atoms with E-state index in [1.54, 1.807) is 0 Å². The quantitative estimate of drug-likeness (QED) is 0.331. The van der Waals surface area contributed by atoms with Gasteiger partial charge in [-0.3, -0.25) is 0 Å². The maximum absolute atomic E-state index is 10.8. The van der Waals surface area contributed by atoms with E-state index in [4.69, 9.17) is 9.47 Å². The Morgan fingerprint density at radius 2 is 1.96 bits per heavy atom. The summed E-state index contributed by atoms with van der Waals surface area (Å²) in [7, 11) is -1.18. The zero-order valence-corrected chi connectivity index (χ0v) is 17.9. The Morgan fingerprint density at radius 3 is 2.63 bits per heavy atom. The first-order valence-electron chi connectivity index (χ1n) is 9.69. The van der Waals surface area contributed by atoms with Gasteiger partial charge in [-0.05, 0) is 13.3 Å². The predicted molar refractivity (Wildman–Crippen MR) is 114 cm³/mol. The number of carbonyl (C=O) groups is 1. The summed E-state index contributed by atoms with van der Waals surface area (Å²) in [6, 6.07) is 10.00. The second-order valence-corrected chi connectivity index (χ2v) is 13.2. The topological polar surface area (TPSA) is 35.5 Å². The van der Waals surface area contributed by atoms with Crippen LogP contribution in [-0.2, 0) is 14.3 Å². The Bertz CT molecular complexity index is 671. The summed E-state index contributed by atoms with van der Waals surface area (Å²) in [6.45, 7) is 9.65.